The van der Waals surface area contributed by atoms with Crippen LogP contribution in [0.4, 0.5) is 18.9 Å². The van der Waals surface area contributed by atoms with Crippen LogP contribution in [0.25, 0.3) is 0 Å². The molecule has 1 aromatic rings. The van der Waals surface area contributed by atoms with Gasteiger partial charge in [0.1, 0.15) is 5.75 Å². The minimum absolute atomic E-state index is 0.0457. The fourth-order valence-electron chi connectivity index (χ4n) is 1.49. The maximum absolute atomic E-state index is 11.9. The molecule has 1 amide bonds. The Morgan fingerprint density at radius 2 is 2.10 bits per heavy atom. The van der Waals surface area contributed by atoms with Gasteiger partial charge < -0.3 is 15.4 Å². The third kappa shape index (κ3) is 7.55. The molecule has 0 aliphatic rings. The van der Waals surface area contributed by atoms with Crippen LogP contribution in [-0.4, -0.2) is 31.3 Å². The monoisotopic (exact) mass is 304 g/mol. The molecule has 0 aromatic heterocycles. The van der Waals surface area contributed by atoms with Gasteiger partial charge in [0, 0.05) is 11.8 Å². The van der Waals surface area contributed by atoms with Crippen molar-refractivity contribution in [1.29, 1.82) is 0 Å². The standard InChI is InChI=1S/C14H19F3N2O2/c1-3-10(2)21-12-6-4-5-11(7-12)19-13(20)8-18-9-14(15,16)17/h4-7,10,18H,3,8-9H2,1-2H3,(H,19,20). The SMILES string of the molecule is CCC(C)Oc1cccc(NC(=O)CNCC(F)(F)F)c1. The molecule has 4 nitrogen and oxygen atoms in total. The van der Waals surface area contributed by atoms with E-state index in [2.05, 4.69) is 5.32 Å². The van der Waals surface area contributed by atoms with E-state index in [0.717, 1.165) is 6.42 Å². The Bertz CT molecular complexity index is 464. The van der Waals surface area contributed by atoms with Crippen LogP contribution < -0.4 is 15.4 Å². The topological polar surface area (TPSA) is 50.4 Å². The van der Waals surface area contributed by atoms with Crippen molar-refractivity contribution in [1.82, 2.24) is 5.32 Å². The lowest BCUT2D eigenvalue weighted by Gasteiger charge is -2.14. The molecule has 118 valence electrons. The molecule has 21 heavy (non-hydrogen) atoms. The van der Waals surface area contributed by atoms with Crippen molar-refractivity contribution in [3.8, 4) is 5.75 Å². The Morgan fingerprint density at radius 1 is 1.38 bits per heavy atom. The zero-order valence-electron chi connectivity index (χ0n) is 12.0. The number of anilines is 1. The van der Waals surface area contributed by atoms with Gasteiger partial charge >= 0.3 is 6.18 Å². The molecule has 0 bridgehead atoms. The van der Waals surface area contributed by atoms with Gasteiger partial charge in [0.05, 0.1) is 19.2 Å². The number of alkyl halides is 3. The van der Waals surface area contributed by atoms with Crippen molar-refractivity contribution >= 4 is 11.6 Å². The quantitative estimate of drug-likeness (QED) is 0.814. The highest BCUT2D eigenvalue weighted by Gasteiger charge is 2.26. The van der Waals surface area contributed by atoms with Crippen LogP contribution in [0.3, 0.4) is 0 Å². The van der Waals surface area contributed by atoms with Gasteiger partial charge in [0.15, 0.2) is 0 Å². The first kappa shape index (κ1) is 17.3. The summed E-state index contributed by atoms with van der Waals surface area (Å²) in [6.45, 7) is 2.31. The summed E-state index contributed by atoms with van der Waals surface area (Å²) in [6.07, 6.45) is -3.44. The van der Waals surface area contributed by atoms with E-state index in [1.807, 2.05) is 19.2 Å². The minimum atomic E-state index is -4.33. The molecule has 0 heterocycles. The highest BCUT2D eigenvalue weighted by molar-refractivity contribution is 5.92. The molecule has 0 fully saturated rings. The number of benzene rings is 1. The number of carbonyl (C=O) groups is 1. The summed E-state index contributed by atoms with van der Waals surface area (Å²) < 4.78 is 41.4. The smallest absolute Gasteiger partial charge is 0.401 e. The molecule has 0 aliphatic carbocycles. The van der Waals surface area contributed by atoms with Crippen molar-refractivity contribution in [2.24, 2.45) is 0 Å². The van der Waals surface area contributed by atoms with Crippen LogP contribution in [0.1, 0.15) is 20.3 Å². The summed E-state index contributed by atoms with van der Waals surface area (Å²) in [5.74, 6) is 0.0605. The molecular formula is C14H19F3N2O2. The summed E-state index contributed by atoms with van der Waals surface area (Å²) >= 11 is 0. The van der Waals surface area contributed by atoms with Crippen molar-refractivity contribution in [2.75, 3.05) is 18.4 Å². The molecule has 0 saturated carbocycles. The molecule has 1 rings (SSSR count). The van der Waals surface area contributed by atoms with Crippen LogP contribution in [0, 0.1) is 0 Å². The summed E-state index contributed by atoms with van der Waals surface area (Å²) in [5.41, 5.74) is 0.481. The van der Waals surface area contributed by atoms with Crippen LogP contribution in [0.15, 0.2) is 24.3 Å². The average Bonchev–Trinajstić information content (AvgIpc) is 2.37. The van der Waals surface area contributed by atoms with Crippen molar-refractivity contribution in [3.63, 3.8) is 0 Å². The number of rotatable bonds is 7. The lowest BCUT2D eigenvalue weighted by Crippen LogP contribution is -2.35. The van der Waals surface area contributed by atoms with Crippen molar-refractivity contribution < 1.29 is 22.7 Å². The normalized spacial score (nSPS) is 12.8. The maximum atomic E-state index is 11.9. The van der Waals surface area contributed by atoms with Gasteiger partial charge in [-0.2, -0.15) is 13.2 Å². The summed E-state index contributed by atoms with van der Waals surface area (Å²) in [7, 11) is 0. The van der Waals surface area contributed by atoms with E-state index in [1.165, 1.54) is 0 Å². The first-order chi connectivity index (χ1) is 9.80. The number of halogens is 3. The van der Waals surface area contributed by atoms with E-state index in [4.69, 9.17) is 4.74 Å². The van der Waals surface area contributed by atoms with Gasteiger partial charge in [-0.15, -0.1) is 0 Å². The Morgan fingerprint density at radius 3 is 2.71 bits per heavy atom. The molecule has 0 aliphatic heterocycles. The van der Waals surface area contributed by atoms with Gasteiger partial charge in [0.2, 0.25) is 5.91 Å². The molecule has 1 unspecified atom stereocenters. The van der Waals surface area contributed by atoms with Crippen LogP contribution >= 0.6 is 0 Å². The summed E-state index contributed by atoms with van der Waals surface area (Å²) in [4.78, 5) is 11.5. The zero-order chi connectivity index (χ0) is 15.9. The van der Waals surface area contributed by atoms with E-state index < -0.39 is 25.2 Å². The fraction of sp³-hybridized carbons (Fsp3) is 0.500. The van der Waals surface area contributed by atoms with E-state index in [0.29, 0.717) is 11.4 Å². The maximum Gasteiger partial charge on any atom is 0.401 e. The number of amides is 1. The van der Waals surface area contributed by atoms with Crippen LogP contribution in [0.5, 0.6) is 5.75 Å². The van der Waals surface area contributed by atoms with Gasteiger partial charge in [-0.1, -0.05) is 13.0 Å². The molecule has 2 N–H and O–H groups in total. The Hall–Kier alpha value is -1.76. The Kier molecular flexibility index (Phi) is 6.48. The lowest BCUT2D eigenvalue weighted by molar-refractivity contribution is -0.126. The minimum Gasteiger partial charge on any atom is -0.491 e. The van der Waals surface area contributed by atoms with Gasteiger partial charge in [-0.3, -0.25) is 4.79 Å². The predicted octanol–water partition coefficient (Wildman–Crippen LogP) is 2.95. The average molecular weight is 304 g/mol. The molecule has 1 atom stereocenters. The highest BCUT2D eigenvalue weighted by atomic mass is 19.4. The first-order valence-corrected chi connectivity index (χ1v) is 6.64. The zero-order valence-corrected chi connectivity index (χ0v) is 12.0. The number of ether oxygens (including phenoxy) is 1. The van der Waals surface area contributed by atoms with E-state index >= 15 is 0 Å². The molecule has 0 spiro atoms. The van der Waals surface area contributed by atoms with E-state index in [1.54, 1.807) is 24.3 Å². The van der Waals surface area contributed by atoms with Gasteiger partial charge in [-0.05, 0) is 25.5 Å². The highest BCUT2D eigenvalue weighted by Crippen LogP contribution is 2.19. The molecule has 0 saturated heterocycles. The summed E-state index contributed by atoms with van der Waals surface area (Å²) in [5, 5.41) is 4.54. The number of hydrogen-bond donors (Lipinski definition) is 2. The summed E-state index contributed by atoms with van der Waals surface area (Å²) in [6, 6.07) is 6.74. The second kappa shape index (κ2) is 7.87. The second-order valence-electron chi connectivity index (χ2n) is 4.63. The Balaban J connectivity index is 2.47. The second-order valence-corrected chi connectivity index (χ2v) is 4.63. The third-order valence-electron chi connectivity index (χ3n) is 2.64. The van der Waals surface area contributed by atoms with E-state index in [-0.39, 0.29) is 6.10 Å². The molecule has 0 radical (unpaired) electrons. The van der Waals surface area contributed by atoms with Crippen LogP contribution in [0.2, 0.25) is 0 Å². The molecular weight excluding hydrogens is 285 g/mol. The molecule has 1 aromatic carbocycles. The van der Waals surface area contributed by atoms with E-state index in [9.17, 15) is 18.0 Å². The van der Waals surface area contributed by atoms with Crippen molar-refractivity contribution in [2.45, 2.75) is 32.5 Å². The van der Waals surface area contributed by atoms with Crippen LogP contribution in [-0.2, 0) is 4.79 Å². The Labute approximate surface area is 121 Å². The first-order valence-electron chi connectivity index (χ1n) is 6.64. The third-order valence-corrected chi connectivity index (χ3v) is 2.64. The predicted molar refractivity (Wildman–Crippen MR) is 74.4 cm³/mol. The van der Waals surface area contributed by atoms with Gasteiger partial charge in [0.25, 0.3) is 0 Å². The largest absolute Gasteiger partial charge is 0.491 e. The molecule has 7 heteroatoms. The number of nitrogens with one attached hydrogen (secondary N) is 2. The number of hydrogen-bond acceptors (Lipinski definition) is 3. The number of carbonyl (C=O) groups excluding carboxylic acids is 1. The van der Waals surface area contributed by atoms with Crippen molar-refractivity contribution in [3.05, 3.63) is 24.3 Å². The lowest BCUT2D eigenvalue weighted by atomic mass is 10.2. The fourth-order valence-corrected chi connectivity index (χ4v) is 1.49. The van der Waals surface area contributed by atoms with Gasteiger partial charge in [-0.25, -0.2) is 0 Å².